The Bertz CT molecular complexity index is 344. The molecule has 0 unspecified atom stereocenters. The van der Waals surface area contributed by atoms with Crippen molar-refractivity contribution < 1.29 is 9.47 Å². The Balaban J connectivity index is 0.00000112. The molecule has 1 aliphatic heterocycles. The molecule has 1 aromatic rings. The van der Waals surface area contributed by atoms with Gasteiger partial charge in [-0.2, -0.15) is 0 Å². The zero-order valence-corrected chi connectivity index (χ0v) is 9.74. The lowest BCUT2D eigenvalue weighted by atomic mass is 10.1. The van der Waals surface area contributed by atoms with E-state index in [0.29, 0.717) is 24.8 Å². The minimum Gasteiger partial charge on any atom is -0.486 e. The van der Waals surface area contributed by atoms with Crippen LogP contribution in [-0.2, 0) is 6.42 Å². The molecule has 0 spiro atoms. The molecule has 15 heavy (non-hydrogen) atoms. The number of rotatable bonds is 2. The van der Waals surface area contributed by atoms with Gasteiger partial charge in [0.1, 0.15) is 13.2 Å². The van der Waals surface area contributed by atoms with E-state index >= 15 is 0 Å². The van der Waals surface area contributed by atoms with Crippen LogP contribution in [0.15, 0.2) is 12.1 Å². The molecule has 2 N–H and O–H groups in total. The summed E-state index contributed by atoms with van der Waals surface area (Å²) in [5.74, 6) is 1.49. The Morgan fingerprint density at radius 2 is 1.80 bits per heavy atom. The molecule has 1 aromatic carbocycles. The van der Waals surface area contributed by atoms with Gasteiger partial charge in [-0.05, 0) is 24.6 Å². The summed E-state index contributed by atoms with van der Waals surface area (Å²) in [6, 6.07) is 3.70. The van der Waals surface area contributed by atoms with E-state index in [1.165, 1.54) is 0 Å². The summed E-state index contributed by atoms with van der Waals surface area (Å²) in [5, 5.41) is 0.694. The van der Waals surface area contributed by atoms with Crippen molar-refractivity contribution in [2.24, 2.45) is 5.73 Å². The highest BCUT2D eigenvalue weighted by molar-refractivity contribution is 6.31. The van der Waals surface area contributed by atoms with Crippen molar-refractivity contribution in [1.82, 2.24) is 0 Å². The van der Waals surface area contributed by atoms with Crippen molar-refractivity contribution in [3.63, 3.8) is 0 Å². The molecule has 3 nitrogen and oxygen atoms in total. The van der Waals surface area contributed by atoms with E-state index in [2.05, 4.69) is 0 Å². The molecule has 1 heterocycles. The fraction of sp³-hybridized carbons (Fsp3) is 0.400. The topological polar surface area (TPSA) is 44.5 Å². The molecule has 0 aromatic heterocycles. The second-order valence-corrected chi connectivity index (χ2v) is 3.53. The first-order chi connectivity index (χ1) is 6.81. The lowest BCUT2D eigenvalue weighted by molar-refractivity contribution is 0.171. The third-order valence-electron chi connectivity index (χ3n) is 2.12. The zero-order valence-electron chi connectivity index (χ0n) is 8.16. The minimum absolute atomic E-state index is 0. The van der Waals surface area contributed by atoms with Gasteiger partial charge in [0.15, 0.2) is 11.5 Å². The molecule has 0 amide bonds. The van der Waals surface area contributed by atoms with Gasteiger partial charge in [0.25, 0.3) is 0 Å². The van der Waals surface area contributed by atoms with Crippen LogP contribution in [0.3, 0.4) is 0 Å². The third-order valence-corrected chi connectivity index (χ3v) is 2.48. The number of benzene rings is 1. The van der Waals surface area contributed by atoms with E-state index in [9.17, 15) is 0 Å². The van der Waals surface area contributed by atoms with Crippen LogP contribution >= 0.6 is 24.0 Å². The monoisotopic (exact) mass is 249 g/mol. The zero-order chi connectivity index (χ0) is 9.97. The predicted octanol–water partition coefficient (Wildman–Crippen LogP) is 2.03. The molecule has 0 fully saturated rings. The highest BCUT2D eigenvalue weighted by Gasteiger charge is 2.14. The van der Waals surface area contributed by atoms with Crippen LogP contribution in [0.2, 0.25) is 5.02 Å². The second-order valence-electron chi connectivity index (χ2n) is 3.13. The van der Waals surface area contributed by atoms with Gasteiger partial charge in [0.05, 0.1) is 0 Å². The summed E-state index contributed by atoms with van der Waals surface area (Å²) in [6.45, 7) is 1.76. The van der Waals surface area contributed by atoms with Gasteiger partial charge >= 0.3 is 0 Å². The highest BCUT2D eigenvalue weighted by atomic mass is 35.5. The Kier molecular flexibility index (Phi) is 4.51. The quantitative estimate of drug-likeness (QED) is 0.873. The third kappa shape index (κ3) is 2.68. The van der Waals surface area contributed by atoms with Gasteiger partial charge in [0, 0.05) is 11.1 Å². The number of fused-ring (bicyclic) bond motifs is 1. The molecule has 0 aliphatic carbocycles. The molecule has 2 rings (SSSR count). The van der Waals surface area contributed by atoms with Crippen molar-refractivity contribution in [2.75, 3.05) is 19.8 Å². The van der Waals surface area contributed by atoms with E-state index in [1.807, 2.05) is 6.07 Å². The first-order valence-corrected chi connectivity index (χ1v) is 4.97. The van der Waals surface area contributed by atoms with E-state index in [4.69, 9.17) is 26.8 Å². The number of hydrogen-bond acceptors (Lipinski definition) is 3. The number of halogens is 2. The van der Waals surface area contributed by atoms with Crippen molar-refractivity contribution in [3.05, 3.63) is 22.7 Å². The number of ether oxygens (including phenoxy) is 2. The first-order valence-electron chi connectivity index (χ1n) is 4.59. The molecule has 0 radical (unpaired) electrons. The number of hydrogen-bond donors (Lipinski definition) is 1. The van der Waals surface area contributed by atoms with E-state index in [0.717, 1.165) is 23.5 Å². The highest BCUT2D eigenvalue weighted by Crippen LogP contribution is 2.35. The summed E-state index contributed by atoms with van der Waals surface area (Å²) in [6.07, 6.45) is 0.759. The average Bonchev–Trinajstić information content (AvgIpc) is 2.19. The standard InChI is InChI=1S/C10H12ClNO2.ClH/c11-8-6-10-9(13-3-4-14-10)5-7(8)1-2-12;/h5-6H,1-4,12H2;1H. The van der Waals surface area contributed by atoms with Gasteiger partial charge in [0.2, 0.25) is 0 Å². The maximum absolute atomic E-state index is 6.05. The van der Waals surface area contributed by atoms with E-state index < -0.39 is 0 Å². The summed E-state index contributed by atoms with van der Waals surface area (Å²) >= 11 is 6.05. The van der Waals surface area contributed by atoms with E-state index in [-0.39, 0.29) is 12.4 Å². The Labute approximate surface area is 99.9 Å². The van der Waals surface area contributed by atoms with Crippen LogP contribution in [0.5, 0.6) is 11.5 Å². The maximum atomic E-state index is 6.05. The lowest BCUT2D eigenvalue weighted by Gasteiger charge is -2.19. The average molecular weight is 250 g/mol. The Morgan fingerprint density at radius 1 is 1.20 bits per heavy atom. The van der Waals surface area contributed by atoms with Gasteiger partial charge in [-0.1, -0.05) is 11.6 Å². The number of nitrogens with two attached hydrogens (primary N) is 1. The van der Waals surface area contributed by atoms with Crippen LogP contribution < -0.4 is 15.2 Å². The normalized spacial score (nSPS) is 13.2. The van der Waals surface area contributed by atoms with E-state index in [1.54, 1.807) is 6.07 Å². The van der Waals surface area contributed by atoms with Crippen molar-refractivity contribution in [3.8, 4) is 11.5 Å². The van der Waals surface area contributed by atoms with Gasteiger partial charge in [-0.25, -0.2) is 0 Å². The van der Waals surface area contributed by atoms with Gasteiger partial charge in [-0.3, -0.25) is 0 Å². The van der Waals surface area contributed by atoms with Crippen LogP contribution in [0.25, 0.3) is 0 Å². The fourth-order valence-corrected chi connectivity index (χ4v) is 1.70. The fourth-order valence-electron chi connectivity index (χ4n) is 1.45. The van der Waals surface area contributed by atoms with Crippen molar-refractivity contribution >= 4 is 24.0 Å². The first kappa shape index (κ1) is 12.4. The molecule has 84 valence electrons. The summed E-state index contributed by atoms with van der Waals surface area (Å²) in [7, 11) is 0. The Morgan fingerprint density at radius 3 is 2.40 bits per heavy atom. The molecule has 0 saturated carbocycles. The molecule has 0 atom stereocenters. The predicted molar refractivity (Wildman–Crippen MR) is 62.4 cm³/mol. The van der Waals surface area contributed by atoms with Crippen LogP contribution in [0.1, 0.15) is 5.56 Å². The minimum atomic E-state index is 0. The van der Waals surface area contributed by atoms with Crippen LogP contribution in [0, 0.1) is 0 Å². The van der Waals surface area contributed by atoms with Crippen molar-refractivity contribution in [1.29, 1.82) is 0 Å². The molecular weight excluding hydrogens is 237 g/mol. The SMILES string of the molecule is Cl.NCCc1cc2c(cc1Cl)OCCO2. The van der Waals surface area contributed by atoms with Gasteiger partial charge in [-0.15, -0.1) is 12.4 Å². The molecule has 1 aliphatic rings. The van der Waals surface area contributed by atoms with Crippen LogP contribution in [0.4, 0.5) is 0 Å². The molecule has 0 bridgehead atoms. The van der Waals surface area contributed by atoms with Crippen molar-refractivity contribution in [2.45, 2.75) is 6.42 Å². The summed E-state index contributed by atoms with van der Waals surface area (Å²) < 4.78 is 10.8. The Hall–Kier alpha value is -0.640. The summed E-state index contributed by atoms with van der Waals surface area (Å²) in [4.78, 5) is 0. The van der Waals surface area contributed by atoms with Gasteiger partial charge < -0.3 is 15.2 Å². The lowest BCUT2D eigenvalue weighted by Crippen LogP contribution is -2.15. The summed E-state index contributed by atoms with van der Waals surface area (Å²) in [5.41, 5.74) is 6.49. The maximum Gasteiger partial charge on any atom is 0.162 e. The smallest absolute Gasteiger partial charge is 0.162 e. The van der Waals surface area contributed by atoms with Crippen LogP contribution in [-0.4, -0.2) is 19.8 Å². The molecular formula is C10H13Cl2NO2. The molecule has 0 saturated heterocycles. The largest absolute Gasteiger partial charge is 0.486 e. The molecule has 5 heteroatoms. The second kappa shape index (κ2) is 5.45.